The molecular formula is C16H19ClN2O4. The highest BCUT2D eigenvalue weighted by molar-refractivity contribution is 6.21. The molecule has 0 aliphatic carbocycles. The van der Waals surface area contributed by atoms with Crippen molar-refractivity contribution >= 4 is 17.3 Å². The Kier molecular flexibility index (Phi) is 5.28. The van der Waals surface area contributed by atoms with Gasteiger partial charge in [0.2, 0.25) is 0 Å². The van der Waals surface area contributed by atoms with E-state index in [1.807, 2.05) is 26.0 Å². The largest absolute Gasteiger partial charge is 0.491 e. The van der Waals surface area contributed by atoms with Crippen LogP contribution in [0.15, 0.2) is 42.6 Å². The van der Waals surface area contributed by atoms with E-state index < -0.39 is 21.8 Å². The van der Waals surface area contributed by atoms with Crippen molar-refractivity contribution in [2.75, 3.05) is 6.61 Å². The molecule has 1 aromatic carbocycles. The van der Waals surface area contributed by atoms with E-state index in [0.717, 1.165) is 5.69 Å². The molecule has 2 unspecified atom stereocenters. The fraction of sp³-hybridized carbons (Fsp3) is 0.375. The minimum Gasteiger partial charge on any atom is -0.491 e. The molecule has 7 heteroatoms. The molecule has 0 radical (unpaired) electrons. The maximum Gasteiger partial charge on any atom is 0.269 e. The van der Waals surface area contributed by atoms with Gasteiger partial charge >= 0.3 is 0 Å². The first-order chi connectivity index (χ1) is 10.8. The number of benzene rings is 1. The van der Waals surface area contributed by atoms with E-state index in [-0.39, 0.29) is 12.3 Å². The molecule has 2 atom stereocenters. The van der Waals surface area contributed by atoms with E-state index >= 15 is 0 Å². The van der Waals surface area contributed by atoms with Gasteiger partial charge in [0, 0.05) is 29.4 Å². The fourth-order valence-corrected chi connectivity index (χ4v) is 2.41. The first-order valence-electron chi connectivity index (χ1n) is 7.15. The summed E-state index contributed by atoms with van der Waals surface area (Å²) < 4.78 is 5.51. The Bertz CT molecular complexity index is 641. The number of aromatic amines is 1. The maximum absolute atomic E-state index is 10.6. The lowest BCUT2D eigenvalue weighted by Crippen LogP contribution is -2.37. The summed E-state index contributed by atoms with van der Waals surface area (Å²) >= 11 is 6.45. The smallest absolute Gasteiger partial charge is 0.269 e. The molecule has 0 spiro atoms. The number of aliphatic hydroxyl groups excluding tert-OH is 1. The number of nitrogens with one attached hydrogen (secondary N) is 1. The van der Waals surface area contributed by atoms with Crippen LogP contribution in [0.5, 0.6) is 5.75 Å². The summed E-state index contributed by atoms with van der Waals surface area (Å²) in [5, 5.41) is 20.6. The maximum atomic E-state index is 10.6. The SMILES string of the molecule is CC(C)(C(O)COc1ccc([N+](=O)[O-])cc1)C(Cl)c1ccc[nH]1. The number of nitrogens with zero attached hydrogens (tertiary/aromatic N) is 1. The third-order valence-electron chi connectivity index (χ3n) is 3.86. The Morgan fingerprint density at radius 2 is 2.00 bits per heavy atom. The Hall–Kier alpha value is -2.05. The summed E-state index contributed by atoms with van der Waals surface area (Å²) in [6.45, 7) is 3.75. The number of nitro groups is 1. The van der Waals surface area contributed by atoms with Crippen LogP contribution in [0, 0.1) is 15.5 Å². The zero-order valence-corrected chi connectivity index (χ0v) is 13.7. The van der Waals surface area contributed by atoms with Gasteiger partial charge in [-0.3, -0.25) is 10.1 Å². The number of hydrogen-bond donors (Lipinski definition) is 2. The van der Waals surface area contributed by atoms with Crippen molar-refractivity contribution in [3.8, 4) is 5.75 Å². The van der Waals surface area contributed by atoms with Crippen LogP contribution in [0.25, 0.3) is 0 Å². The van der Waals surface area contributed by atoms with Gasteiger partial charge in [-0.25, -0.2) is 0 Å². The second kappa shape index (κ2) is 7.02. The molecule has 0 bridgehead atoms. The van der Waals surface area contributed by atoms with Gasteiger partial charge in [0.05, 0.1) is 16.4 Å². The van der Waals surface area contributed by atoms with Gasteiger partial charge in [-0.2, -0.15) is 0 Å². The number of H-pyrrole nitrogens is 1. The van der Waals surface area contributed by atoms with Crippen molar-refractivity contribution in [1.82, 2.24) is 4.98 Å². The summed E-state index contributed by atoms with van der Waals surface area (Å²) in [6, 6.07) is 9.43. The van der Waals surface area contributed by atoms with Gasteiger partial charge in [-0.15, -0.1) is 11.6 Å². The van der Waals surface area contributed by atoms with Gasteiger partial charge in [0.25, 0.3) is 5.69 Å². The number of alkyl halides is 1. The van der Waals surface area contributed by atoms with Crippen LogP contribution in [0.2, 0.25) is 0 Å². The second-order valence-corrected chi connectivity index (χ2v) is 6.32. The van der Waals surface area contributed by atoms with Crippen molar-refractivity contribution in [2.24, 2.45) is 5.41 Å². The quantitative estimate of drug-likeness (QED) is 0.458. The Labute approximate surface area is 139 Å². The molecule has 1 aromatic heterocycles. The van der Waals surface area contributed by atoms with Crippen LogP contribution in [0.1, 0.15) is 24.9 Å². The second-order valence-electron chi connectivity index (χ2n) is 5.89. The van der Waals surface area contributed by atoms with Crippen molar-refractivity contribution in [3.63, 3.8) is 0 Å². The summed E-state index contributed by atoms with van der Waals surface area (Å²) in [5.74, 6) is 0.455. The van der Waals surface area contributed by atoms with Crippen molar-refractivity contribution < 1.29 is 14.8 Å². The molecular weight excluding hydrogens is 320 g/mol. The molecule has 23 heavy (non-hydrogen) atoms. The molecule has 124 valence electrons. The van der Waals surface area contributed by atoms with Gasteiger partial charge < -0.3 is 14.8 Å². The van der Waals surface area contributed by atoms with Crippen molar-refractivity contribution in [2.45, 2.75) is 25.3 Å². The Morgan fingerprint density at radius 3 is 2.52 bits per heavy atom. The molecule has 0 aliphatic rings. The van der Waals surface area contributed by atoms with Gasteiger partial charge in [-0.1, -0.05) is 13.8 Å². The van der Waals surface area contributed by atoms with E-state index in [1.165, 1.54) is 24.3 Å². The van der Waals surface area contributed by atoms with Gasteiger partial charge in [0.15, 0.2) is 0 Å². The first kappa shape index (κ1) is 17.3. The fourth-order valence-electron chi connectivity index (χ4n) is 2.13. The van der Waals surface area contributed by atoms with Crippen LogP contribution in [0.3, 0.4) is 0 Å². The highest BCUT2D eigenvalue weighted by atomic mass is 35.5. The molecule has 6 nitrogen and oxygen atoms in total. The lowest BCUT2D eigenvalue weighted by atomic mass is 9.81. The standard InChI is InChI=1S/C16H19ClN2O4/c1-16(2,15(17)13-4-3-9-18-13)14(20)10-23-12-7-5-11(6-8-12)19(21)22/h3-9,14-15,18,20H,10H2,1-2H3. The summed E-state index contributed by atoms with van der Waals surface area (Å²) in [5.41, 5.74) is 0.185. The normalized spacial score (nSPS) is 14.3. The topological polar surface area (TPSA) is 88.4 Å². The third kappa shape index (κ3) is 4.03. The number of nitro benzene ring substituents is 1. The van der Waals surface area contributed by atoms with E-state index in [2.05, 4.69) is 4.98 Å². The van der Waals surface area contributed by atoms with E-state index in [9.17, 15) is 15.2 Å². The van der Waals surface area contributed by atoms with Gasteiger partial charge in [-0.05, 0) is 24.3 Å². The number of rotatable bonds is 7. The molecule has 2 rings (SSSR count). The average Bonchev–Trinajstić information content (AvgIpc) is 3.06. The molecule has 2 aromatic rings. The van der Waals surface area contributed by atoms with E-state index in [4.69, 9.17) is 16.3 Å². The zero-order valence-electron chi connectivity index (χ0n) is 12.9. The average molecular weight is 339 g/mol. The highest BCUT2D eigenvalue weighted by Gasteiger charge is 2.37. The van der Waals surface area contributed by atoms with Crippen molar-refractivity contribution in [1.29, 1.82) is 0 Å². The number of halogens is 1. The van der Waals surface area contributed by atoms with Crippen LogP contribution in [-0.2, 0) is 0 Å². The molecule has 0 saturated carbocycles. The number of aromatic nitrogens is 1. The summed E-state index contributed by atoms with van der Waals surface area (Å²) in [7, 11) is 0. The highest BCUT2D eigenvalue weighted by Crippen LogP contribution is 2.41. The summed E-state index contributed by atoms with van der Waals surface area (Å²) in [4.78, 5) is 13.2. The number of non-ortho nitro benzene ring substituents is 1. The third-order valence-corrected chi connectivity index (χ3v) is 4.66. The van der Waals surface area contributed by atoms with Crippen LogP contribution < -0.4 is 4.74 Å². The van der Waals surface area contributed by atoms with E-state index in [0.29, 0.717) is 5.75 Å². The number of ether oxygens (including phenoxy) is 1. The van der Waals surface area contributed by atoms with Crippen LogP contribution in [0.4, 0.5) is 5.69 Å². The summed E-state index contributed by atoms with van der Waals surface area (Å²) in [6.07, 6.45) is 0.962. The Morgan fingerprint density at radius 1 is 1.35 bits per heavy atom. The number of aliphatic hydroxyl groups is 1. The molecule has 0 aliphatic heterocycles. The first-order valence-corrected chi connectivity index (χ1v) is 7.58. The Balaban J connectivity index is 1.97. The lowest BCUT2D eigenvalue weighted by Gasteiger charge is -2.34. The minimum atomic E-state index is -0.816. The molecule has 0 saturated heterocycles. The minimum absolute atomic E-state index is 0.00852. The van der Waals surface area contributed by atoms with E-state index in [1.54, 1.807) is 6.20 Å². The molecule has 2 N–H and O–H groups in total. The predicted octanol–water partition coefficient (Wildman–Crippen LogP) is 3.67. The molecule has 1 heterocycles. The van der Waals surface area contributed by atoms with Gasteiger partial charge in [0.1, 0.15) is 12.4 Å². The molecule has 0 fully saturated rings. The van der Waals surface area contributed by atoms with Crippen LogP contribution >= 0.6 is 11.6 Å². The monoisotopic (exact) mass is 338 g/mol. The predicted molar refractivity (Wildman–Crippen MR) is 87.8 cm³/mol. The lowest BCUT2D eigenvalue weighted by molar-refractivity contribution is -0.384. The van der Waals surface area contributed by atoms with Crippen molar-refractivity contribution in [3.05, 3.63) is 58.4 Å². The number of hydrogen-bond acceptors (Lipinski definition) is 4. The van der Waals surface area contributed by atoms with Crippen LogP contribution in [-0.4, -0.2) is 27.7 Å². The molecule has 0 amide bonds. The zero-order chi connectivity index (χ0) is 17.0.